The van der Waals surface area contributed by atoms with Crippen molar-refractivity contribution in [3.8, 4) is 11.5 Å². The summed E-state index contributed by atoms with van der Waals surface area (Å²) in [5.74, 6) is -0.808. The molecule has 7 nitrogen and oxygen atoms in total. The number of hydrogen-bond donors (Lipinski definition) is 1. The van der Waals surface area contributed by atoms with Gasteiger partial charge in [-0.15, -0.1) is 13.2 Å². The van der Waals surface area contributed by atoms with Gasteiger partial charge in [0.1, 0.15) is 5.60 Å². The summed E-state index contributed by atoms with van der Waals surface area (Å²) in [7, 11) is 0. The van der Waals surface area contributed by atoms with Crippen LogP contribution in [0.2, 0.25) is 0 Å². The minimum atomic E-state index is -4.86. The van der Waals surface area contributed by atoms with E-state index >= 15 is 0 Å². The zero-order valence-electron chi connectivity index (χ0n) is 21.7. The lowest BCUT2D eigenvalue weighted by Crippen LogP contribution is -2.52. The van der Waals surface area contributed by atoms with Crippen molar-refractivity contribution in [1.82, 2.24) is 9.80 Å². The smallest absolute Gasteiger partial charge is 0.490 e. The molecule has 0 spiro atoms. The van der Waals surface area contributed by atoms with Crippen LogP contribution in [0.1, 0.15) is 71.3 Å². The van der Waals surface area contributed by atoms with Crippen molar-refractivity contribution >= 4 is 6.09 Å². The lowest BCUT2D eigenvalue weighted by Gasteiger charge is -2.43. The molecule has 1 N–H and O–H groups in total. The van der Waals surface area contributed by atoms with Gasteiger partial charge in [-0.05, 0) is 58.2 Å². The number of alkyl halides is 3. The van der Waals surface area contributed by atoms with Crippen LogP contribution in [0.5, 0.6) is 11.5 Å². The van der Waals surface area contributed by atoms with E-state index in [0.29, 0.717) is 51.1 Å². The van der Waals surface area contributed by atoms with Crippen molar-refractivity contribution in [1.29, 1.82) is 0 Å². The molecule has 3 rings (SSSR count). The Morgan fingerprint density at radius 2 is 1.69 bits per heavy atom. The van der Waals surface area contributed by atoms with Crippen molar-refractivity contribution in [2.45, 2.75) is 83.3 Å². The van der Waals surface area contributed by atoms with Gasteiger partial charge in [-0.3, -0.25) is 4.90 Å². The Morgan fingerprint density at radius 3 is 2.25 bits per heavy atom. The molecule has 1 aromatic carbocycles. The highest BCUT2D eigenvalue weighted by Gasteiger charge is 2.41. The zero-order chi connectivity index (χ0) is 26.6. The highest BCUT2D eigenvalue weighted by Crippen LogP contribution is 2.43. The quantitative estimate of drug-likeness (QED) is 0.529. The van der Waals surface area contributed by atoms with Crippen LogP contribution in [0.4, 0.5) is 18.0 Å². The Morgan fingerprint density at radius 1 is 1.06 bits per heavy atom. The van der Waals surface area contributed by atoms with Crippen LogP contribution in [0.3, 0.4) is 0 Å². The van der Waals surface area contributed by atoms with E-state index in [9.17, 15) is 23.1 Å². The molecule has 0 radical (unpaired) electrons. The molecule has 2 fully saturated rings. The lowest BCUT2D eigenvalue weighted by molar-refractivity contribution is -0.275. The van der Waals surface area contributed by atoms with E-state index < -0.39 is 29.2 Å². The molecule has 204 valence electrons. The number of rotatable bonds is 7. The number of piperazine rings is 1. The Labute approximate surface area is 211 Å². The summed E-state index contributed by atoms with van der Waals surface area (Å²) in [5.41, 5.74) is -1.03. The third-order valence-corrected chi connectivity index (χ3v) is 6.73. The minimum Gasteiger partial charge on any atom is -0.490 e. The number of benzene rings is 1. The third-order valence-electron chi connectivity index (χ3n) is 6.73. The fraction of sp³-hybridized carbons (Fsp3) is 0.731. The molecule has 1 aliphatic carbocycles. The molecular formula is C26H39F3N2O5. The van der Waals surface area contributed by atoms with Crippen LogP contribution in [-0.2, 0) is 4.74 Å². The maximum Gasteiger partial charge on any atom is 0.573 e. The summed E-state index contributed by atoms with van der Waals surface area (Å²) in [4.78, 5) is 16.2. The number of carbonyl (C=O) groups is 1. The number of hydrogen-bond acceptors (Lipinski definition) is 6. The highest BCUT2D eigenvalue weighted by molar-refractivity contribution is 5.68. The van der Waals surface area contributed by atoms with E-state index in [1.165, 1.54) is 12.1 Å². The van der Waals surface area contributed by atoms with Crippen molar-refractivity contribution < 1.29 is 37.3 Å². The molecule has 10 heteroatoms. The first-order valence-electron chi connectivity index (χ1n) is 12.7. The van der Waals surface area contributed by atoms with E-state index in [1.54, 1.807) is 17.9 Å². The monoisotopic (exact) mass is 516 g/mol. The number of aliphatic hydroxyl groups is 1. The van der Waals surface area contributed by atoms with Crippen LogP contribution in [0.15, 0.2) is 18.2 Å². The molecule has 1 unspecified atom stereocenters. The second-order valence-electron chi connectivity index (χ2n) is 10.7. The van der Waals surface area contributed by atoms with Gasteiger partial charge in [-0.1, -0.05) is 25.3 Å². The number of halogens is 3. The Balaban J connectivity index is 1.81. The summed E-state index contributed by atoms with van der Waals surface area (Å²) >= 11 is 0. The molecule has 0 bridgehead atoms. The second-order valence-corrected chi connectivity index (χ2v) is 10.7. The van der Waals surface area contributed by atoms with Crippen LogP contribution in [0.25, 0.3) is 0 Å². The molecule has 1 heterocycles. The third kappa shape index (κ3) is 7.90. The van der Waals surface area contributed by atoms with E-state index in [2.05, 4.69) is 9.64 Å². The van der Waals surface area contributed by atoms with Crippen LogP contribution in [0, 0.1) is 0 Å². The average molecular weight is 517 g/mol. The molecule has 1 saturated heterocycles. The summed E-state index contributed by atoms with van der Waals surface area (Å²) in [5, 5.41) is 11.7. The lowest BCUT2D eigenvalue weighted by atomic mass is 9.72. The summed E-state index contributed by atoms with van der Waals surface area (Å²) < 4.78 is 54.5. The fourth-order valence-electron chi connectivity index (χ4n) is 5.02. The van der Waals surface area contributed by atoms with E-state index in [0.717, 1.165) is 19.3 Å². The average Bonchev–Trinajstić information content (AvgIpc) is 2.77. The van der Waals surface area contributed by atoms with Gasteiger partial charge < -0.3 is 24.2 Å². The Bertz CT molecular complexity index is 873. The first-order chi connectivity index (χ1) is 16.8. The molecule has 36 heavy (non-hydrogen) atoms. The van der Waals surface area contributed by atoms with Gasteiger partial charge in [0.25, 0.3) is 0 Å². The Hall–Kier alpha value is -2.20. The van der Waals surface area contributed by atoms with Crippen LogP contribution >= 0.6 is 0 Å². The molecule has 1 aliphatic heterocycles. The van der Waals surface area contributed by atoms with Crippen LogP contribution < -0.4 is 9.47 Å². The van der Waals surface area contributed by atoms with Crippen molar-refractivity contribution in [3.05, 3.63) is 23.8 Å². The standard InChI is InChI=1S/C26H39F3N2O5/c1-5-34-21-10-9-19(17-22(21)35-26(27,28)29)20(25(33)11-7-6-8-12-25)18-30-13-15-31(16-14-30)23(32)36-24(2,3)4/h9-10,17,20,33H,5-8,11-16,18H2,1-4H3. The SMILES string of the molecule is CCOc1ccc(C(CN2CCN(C(=O)OC(C)(C)C)CC2)C2(O)CCCCC2)cc1OC(F)(F)F. The van der Waals surface area contributed by atoms with Gasteiger partial charge in [0.05, 0.1) is 12.2 Å². The van der Waals surface area contributed by atoms with Crippen molar-refractivity contribution in [3.63, 3.8) is 0 Å². The number of nitrogens with zero attached hydrogens (tertiary/aromatic N) is 2. The molecule has 1 saturated carbocycles. The first-order valence-corrected chi connectivity index (χ1v) is 12.7. The fourth-order valence-corrected chi connectivity index (χ4v) is 5.02. The molecule has 2 aliphatic rings. The van der Waals surface area contributed by atoms with Gasteiger partial charge in [0.15, 0.2) is 11.5 Å². The summed E-state index contributed by atoms with van der Waals surface area (Å²) in [6.07, 6.45) is -1.30. The topological polar surface area (TPSA) is 71.5 Å². The number of ether oxygens (including phenoxy) is 3. The molecule has 1 aromatic rings. The first kappa shape index (κ1) is 28.4. The maximum atomic E-state index is 13.1. The van der Waals surface area contributed by atoms with Gasteiger partial charge in [-0.25, -0.2) is 4.79 Å². The van der Waals surface area contributed by atoms with Gasteiger partial charge in [0.2, 0.25) is 0 Å². The van der Waals surface area contributed by atoms with Gasteiger partial charge in [0, 0.05) is 38.6 Å². The van der Waals surface area contributed by atoms with E-state index in [4.69, 9.17) is 9.47 Å². The van der Waals surface area contributed by atoms with Crippen molar-refractivity contribution in [2.24, 2.45) is 0 Å². The van der Waals surface area contributed by atoms with Gasteiger partial charge in [-0.2, -0.15) is 0 Å². The van der Waals surface area contributed by atoms with Crippen LogP contribution in [-0.4, -0.2) is 77.9 Å². The molecule has 0 aromatic heterocycles. The minimum absolute atomic E-state index is 0.0129. The van der Waals surface area contributed by atoms with E-state index in [1.807, 2.05) is 20.8 Å². The molecule has 1 amide bonds. The van der Waals surface area contributed by atoms with Crippen molar-refractivity contribution in [2.75, 3.05) is 39.3 Å². The zero-order valence-corrected chi connectivity index (χ0v) is 21.7. The molecule has 1 atom stereocenters. The Kier molecular flexibility index (Phi) is 9.03. The maximum absolute atomic E-state index is 13.1. The second kappa shape index (κ2) is 11.5. The van der Waals surface area contributed by atoms with Gasteiger partial charge >= 0.3 is 12.5 Å². The number of amides is 1. The number of carbonyl (C=O) groups excluding carboxylic acids is 1. The molecular weight excluding hydrogens is 477 g/mol. The summed E-state index contributed by atoms with van der Waals surface area (Å²) in [6.45, 7) is 9.93. The summed E-state index contributed by atoms with van der Waals surface area (Å²) in [6, 6.07) is 4.56. The predicted molar refractivity (Wildman–Crippen MR) is 129 cm³/mol. The largest absolute Gasteiger partial charge is 0.573 e. The predicted octanol–water partition coefficient (Wildman–Crippen LogP) is 5.32. The van der Waals surface area contributed by atoms with E-state index in [-0.39, 0.29) is 18.4 Å². The normalized spacial score (nSPS) is 20.1. The highest BCUT2D eigenvalue weighted by atomic mass is 19.4.